The molecule has 0 aliphatic rings. The molecule has 1 unspecified atom stereocenters. The van der Waals surface area contributed by atoms with E-state index in [1.54, 1.807) is 6.92 Å². The van der Waals surface area contributed by atoms with Crippen LogP contribution in [0.25, 0.3) is 0 Å². The standard InChI is InChI=1S/C19H26N4O4/c1-5-7-16-20-18(27-23-16)11-10-17(24)21-22-19(25)14(4)26-15-9-6-8-12(2)13(15)3/h6,8-9,14H,5,7,10-11H2,1-4H3,(H,21,24)(H,22,25). The first-order valence-corrected chi connectivity index (χ1v) is 9.03. The molecular weight excluding hydrogens is 348 g/mol. The van der Waals surface area contributed by atoms with Crippen LogP contribution >= 0.6 is 0 Å². The minimum absolute atomic E-state index is 0.125. The number of rotatable bonds is 8. The zero-order valence-electron chi connectivity index (χ0n) is 16.2. The maximum atomic E-state index is 12.1. The van der Waals surface area contributed by atoms with E-state index in [0.717, 1.165) is 24.0 Å². The molecule has 0 radical (unpaired) electrons. The second kappa shape index (κ2) is 9.70. The van der Waals surface area contributed by atoms with Gasteiger partial charge in [-0.15, -0.1) is 0 Å². The molecule has 0 fully saturated rings. The number of hydrogen-bond acceptors (Lipinski definition) is 6. The third-order valence-corrected chi connectivity index (χ3v) is 4.10. The fourth-order valence-electron chi connectivity index (χ4n) is 2.33. The molecular formula is C19H26N4O4. The van der Waals surface area contributed by atoms with E-state index in [0.29, 0.717) is 23.9 Å². The number of amides is 2. The minimum Gasteiger partial charge on any atom is -0.481 e. The Labute approximate surface area is 158 Å². The largest absolute Gasteiger partial charge is 0.481 e. The SMILES string of the molecule is CCCc1noc(CCC(=O)NNC(=O)C(C)Oc2cccc(C)c2C)n1. The third-order valence-electron chi connectivity index (χ3n) is 4.10. The molecule has 0 saturated heterocycles. The number of benzene rings is 1. The van der Waals surface area contributed by atoms with Crippen LogP contribution in [-0.2, 0) is 22.4 Å². The van der Waals surface area contributed by atoms with Gasteiger partial charge in [-0.1, -0.05) is 24.2 Å². The van der Waals surface area contributed by atoms with Crippen LogP contribution in [0.1, 0.15) is 49.5 Å². The zero-order valence-corrected chi connectivity index (χ0v) is 16.2. The number of carbonyl (C=O) groups is 2. The maximum absolute atomic E-state index is 12.1. The van der Waals surface area contributed by atoms with Gasteiger partial charge >= 0.3 is 0 Å². The summed E-state index contributed by atoms with van der Waals surface area (Å²) in [4.78, 5) is 28.2. The molecule has 2 rings (SSSR count). The minimum atomic E-state index is -0.752. The van der Waals surface area contributed by atoms with Crippen molar-refractivity contribution in [1.29, 1.82) is 0 Å². The van der Waals surface area contributed by atoms with Crippen LogP contribution in [0.2, 0.25) is 0 Å². The van der Waals surface area contributed by atoms with Gasteiger partial charge in [0.25, 0.3) is 5.91 Å². The van der Waals surface area contributed by atoms with Gasteiger partial charge in [-0.2, -0.15) is 4.98 Å². The molecule has 8 heteroatoms. The molecule has 27 heavy (non-hydrogen) atoms. The van der Waals surface area contributed by atoms with Crippen molar-refractivity contribution in [3.05, 3.63) is 41.0 Å². The summed E-state index contributed by atoms with van der Waals surface area (Å²) in [6.45, 7) is 7.55. The van der Waals surface area contributed by atoms with Gasteiger partial charge in [0, 0.05) is 19.3 Å². The highest BCUT2D eigenvalue weighted by molar-refractivity contribution is 5.84. The van der Waals surface area contributed by atoms with Crippen LogP contribution in [0.3, 0.4) is 0 Å². The van der Waals surface area contributed by atoms with Crippen molar-refractivity contribution in [2.24, 2.45) is 0 Å². The monoisotopic (exact) mass is 374 g/mol. The van der Waals surface area contributed by atoms with Crippen LogP contribution in [-0.4, -0.2) is 28.1 Å². The number of hydrazine groups is 1. The van der Waals surface area contributed by atoms with E-state index in [9.17, 15) is 9.59 Å². The fraction of sp³-hybridized carbons (Fsp3) is 0.474. The van der Waals surface area contributed by atoms with Crippen molar-refractivity contribution >= 4 is 11.8 Å². The summed E-state index contributed by atoms with van der Waals surface area (Å²) >= 11 is 0. The van der Waals surface area contributed by atoms with E-state index in [1.165, 1.54) is 0 Å². The Bertz CT molecular complexity index is 788. The first kappa shape index (κ1) is 20.4. The lowest BCUT2D eigenvalue weighted by atomic mass is 10.1. The van der Waals surface area contributed by atoms with Crippen LogP contribution in [0.15, 0.2) is 22.7 Å². The highest BCUT2D eigenvalue weighted by atomic mass is 16.5. The summed E-state index contributed by atoms with van der Waals surface area (Å²) in [6.07, 6.45) is 1.35. The first-order chi connectivity index (χ1) is 12.9. The molecule has 0 spiro atoms. The van der Waals surface area contributed by atoms with E-state index < -0.39 is 12.0 Å². The van der Waals surface area contributed by atoms with Gasteiger partial charge in [0.1, 0.15) is 5.75 Å². The van der Waals surface area contributed by atoms with E-state index in [1.807, 2.05) is 39.0 Å². The van der Waals surface area contributed by atoms with Gasteiger partial charge < -0.3 is 9.26 Å². The average Bonchev–Trinajstić information content (AvgIpc) is 3.09. The van der Waals surface area contributed by atoms with Crippen molar-refractivity contribution in [1.82, 2.24) is 21.0 Å². The molecule has 8 nitrogen and oxygen atoms in total. The summed E-state index contributed by atoms with van der Waals surface area (Å²) in [5.74, 6) is 0.901. The summed E-state index contributed by atoms with van der Waals surface area (Å²) in [5.41, 5.74) is 6.79. The molecule has 0 aliphatic carbocycles. The molecule has 0 bridgehead atoms. The van der Waals surface area contributed by atoms with Crippen molar-refractivity contribution in [2.75, 3.05) is 0 Å². The first-order valence-electron chi connectivity index (χ1n) is 9.03. The van der Waals surface area contributed by atoms with Gasteiger partial charge in [-0.25, -0.2) is 0 Å². The Morgan fingerprint density at radius 3 is 2.74 bits per heavy atom. The van der Waals surface area contributed by atoms with E-state index in [2.05, 4.69) is 21.0 Å². The molecule has 1 heterocycles. The predicted molar refractivity (Wildman–Crippen MR) is 98.9 cm³/mol. The Kier molecular flexibility index (Phi) is 7.34. The van der Waals surface area contributed by atoms with Gasteiger partial charge in [-0.05, 0) is 44.4 Å². The maximum Gasteiger partial charge on any atom is 0.279 e. The number of ether oxygens (including phenoxy) is 1. The lowest BCUT2D eigenvalue weighted by Gasteiger charge is -2.17. The van der Waals surface area contributed by atoms with Gasteiger partial charge in [-0.3, -0.25) is 20.4 Å². The number of nitrogens with zero attached hydrogens (tertiary/aromatic N) is 2. The molecule has 1 atom stereocenters. The van der Waals surface area contributed by atoms with E-state index in [-0.39, 0.29) is 12.3 Å². The van der Waals surface area contributed by atoms with Gasteiger partial charge in [0.05, 0.1) is 0 Å². The van der Waals surface area contributed by atoms with Crippen molar-refractivity contribution < 1.29 is 18.8 Å². The molecule has 2 N–H and O–H groups in total. The van der Waals surface area contributed by atoms with Crippen LogP contribution < -0.4 is 15.6 Å². The molecule has 146 valence electrons. The second-order valence-corrected chi connectivity index (χ2v) is 6.35. The van der Waals surface area contributed by atoms with Crippen LogP contribution in [0.5, 0.6) is 5.75 Å². The quantitative estimate of drug-likeness (QED) is 0.686. The normalized spacial score (nSPS) is 11.7. The highest BCUT2D eigenvalue weighted by Gasteiger charge is 2.17. The smallest absolute Gasteiger partial charge is 0.279 e. The van der Waals surface area contributed by atoms with E-state index in [4.69, 9.17) is 9.26 Å². The second-order valence-electron chi connectivity index (χ2n) is 6.35. The van der Waals surface area contributed by atoms with Gasteiger partial charge in [0.2, 0.25) is 11.8 Å². The average molecular weight is 374 g/mol. The number of nitrogens with one attached hydrogen (secondary N) is 2. The lowest BCUT2D eigenvalue weighted by Crippen LogP contribution is -2.47. The molecule has 2 aromatic rings. The zero-order chi connectivity index (χ0) is 19.8. The fourth-order valence-corrected chi connectivity index (χ4v) is 2.33. The van der Waals surface area contributed by atoms with Gasteiger partial charge in [0.15, 0.2) is 11.9 Å². The lowest BCUT2D eigenvalue weighted by molar-refractivity contribution is -0.132. The summed E-state index contributed by atoms with van der Waals surface area (Å²) in [6, 6.07) is 5.65. The molecule has 0 aliphatic heterocycles. The highest BCUT2D eigenvalue weighted by Crippen LogP contribution is 2.21. The number of hydrogen-bond donors (Lipinski definition) is 2. The summed E-state index contributed by atoms with van der Waals surface area (Å²) in [7, 11) is 0. The topological polar surface area (TPSA) is 106 Å². The number of aryl methyl sites for hydroxylation is 3. The summed E-state index contributed by atoms with van der Waals surface area (Å²) in [5, 5.41) is 3.83. The molecule has 2 amide bonds. The van der Waals surface area contributed by atoms with Crippen LogP contribution in [0, 0.1) is 13.8 Å². The molecule has 1 aromatic heterocycles. The Morgan fingerprint density at radius 1 is 1.22 bits per heavy atom. The summed E-state index contributed by atoms with van der Waals surface area (Å²) < 4.78 is 10.7. The Morgan fingerprint density at radius 2 is 2.00 bits per heavy atom. The molecule has 0 saturated carbocycles. The number of carbonyl (C=O) groups excluding carboxylic acids is 2. The van der Waals surface area contributed by atoms with E-state index >= 15 is 0 Å². The van der Waals surface area contributed by atoms with Crippen molar-refractivity contribution in [3.63, 3.8) is 0 Å². The third kappa shape index (κ3) is 6.09. The Hall–Kier alpha value is -2.90. The molecule has 1 aromatic carbocycles. The van der Waals surface area contributed by atoms with Crippen molar-refractivity contribution in [2.45, 2.75) is 59.5 Å². The number of aromatic nitrogens is 2. The van der Waals surface area contributed by atoms with Crippen LogP contribution in [0.4, 0.5) is 0 Å². The predicted octanol–water partition coefficient (Wildman–Crippen LogP) is 2.19. The van der Waals surface area contributed by atoms with Crippen molar-refractivity contribution in [3.8, 4) is 5.75 Å². The Balaban J connectivity index is 1.74.